The lowest BCUT2D eigenvalue weighted by atomic mass is 9.41. The van der Waals surface area contributed by atoms with Gasteiger partial charge in [0.05, 0.1) is 12.0 Å². The fraction of sp³-hybridized carbons (Fsp3) is 0.833. The van der Waals surface area contributed by atoms with Crippen molar-refractivity contribution < 1.29 is 15.0 Å². The average Bonchev–Trinajstić information content (AvgIpc) is 3.00. The zero-order chi connectivity index (χ0) is 24.4. The summed E-state index contributed by atoms with van der Waals surface area (Å²) in [7, 11) is 0. The van der Waals surface area contributed by atoms with Crippen LogP contribution in [0, 0.1) is 45.3 Å². The second-order valence-electron chi connectivity index (χ2n) is 13.6. The van der Waals surface area contributed by atoms with E-state index in [4.69, 9.17) is 0 Å². The third-order valence-electron chi connectivity index (χ3n) is 11.7. The molecule has 8 atom stereocenters. The molecule has 0 spiro atoms. The summed E-state index contributed by atoms with van der Waals surface area (Å²) in [5, 5.41) is 21.0. The lowest BCUT2D eigenvalue weighted by Gasteiger charge is -2.64. The van der Waals surface area contributed by atoms with Crippen molar-refractivity contribution in [2.45, 2.75) is 112 Å². The molecule has 0 heterocycles. The Morgan fingerprint density at radius 2 is 1.79 bits per heavy atom. The molecule has 186 valence electrons. The third kappa shape index (κ3) is 3.58. The number of carboxylic acid groups (broad SMARTS) is 1. The van der Waals surface area contributed by atoms with Crippen molar-refractivity contribution in [1.82, 2.24) is 0 Å². The quantitative estimate of drug-likeness (QED) is 0.424. The fourth-order valence-electron chi connectivity index (χ4n) is 9.43. The van der Waals surface area contributed by atoms with Crippen molar-refractivity contribution in [2.24, 2.45) is 45.3 Å². The van der Waals surface area contributed by atoms with E-state index in [1.165, 1.54) is 12.0 Å². The Kier molecular flexibility index (Phi) is 6.25. The predicted octanol–water partition coefficient (Wildman–Crippen LogP) is 7.40. The minimum absolute atomic E-state index is 0.0474. The Bertz CT molecular complexity index is 849. The van der Waals surface area contributed by atoms with Crippen LogP contribution < -0.4 is 0 Å². The molecule has 0 aromatic heterocycles. The van der Waals surface area contributed by atoms with Crippen molar-refractivity contribution in [3.8, 4) is 0 Å². The highest BCUT2D eigenvalue weighted by Crippen LogP contribution is 2.73. The van der Waals surface area contributed by atoms with Crippen molar-refractivity contribution in [2.75, 3.05) is 0 Å². The summed E-state index contributed by atoms with van der Waals surface area (Å²) in [6.07, 6.45) is 13.7. The Morgan fingerprint density at radius 1 is 1.09 bits per heavy atom. The molecule has 0 aromatic carbocycles. The van der Waals surface area contributed by atoms with E-state index < -0.39 is 5.97 Å². The number of carboxylic acids is 1. The standard InChI is InChI=1S/C30H48O3/c1-19(2)9-8-10-20(26(32)33)21-13-17-30(7)23-11-12-24-27(3,4)25(31)15-16-28(24,5)22(23)14-18-29(21,30)6/h9,11,20-22,24-25,31H,8,10,12-18H2,1-7H3,(H,32,33)/t20-,21+,22-,24-,25+,28+,29-,30+/m0/s1. The molecule has 0 radical (unpaired) electrons. The van der Waals surface area contributed by atoms with E-state index in [-0.39, 0.29) is 39.6 Å². The molecule has 0 amide bonds. The number of allylic oxidation sites excluding steroid dienone is 4. The Hall–Kier alpha value is -1.09. The van der Waals surface area contributed by atoms with Crippen LogP contribution in [0.25, 0.3) is 0 Å². The van der Waals surface area contributed by atoms with Crippen molar-refractivity contribution >= 4 is 5.97 Å². The van der Waals surface area contributed by atoms with Gasteiger partial charge in [-0.15, -0.1) is 0 Å². The zero-order valence-corrected chi connectivity index (χ0v) is 22.2. The number of carbonyl (C=O) groups is 1. The lowest BCUT2D eigenvalue weighted by Crippen LogP contribution is -2.58. The van der Waals surface area contributed by atoms with Crippen LogP contribution in [0.2, 0.25) is 0 Å². The highest BCUT2D eigenvalue weighted by molar-refractivity contribution is 5.70. The van der Waals surface area contributed by atoms with Crippen LogP contribution >= 0.6 is 0 Å². The van der Waals surface area contributed by atoms with Crippen LogP contribution in [-0.2, 0) is 4.79 Å². The van der Waals surface area contributed by atoms with Crippen LogP contribution in [0.15, 0.2) is 23.3 Å². The van der Waals surface area contributed by atoms with Gasteiger partial charge < -0.3 is 10.2 Å². The Labute approximate surface area is 202 Å². The molecule has 4 aliphatic rings. The molecule has 0 aromatic rings. The highest BCUT2D eigenvalue weighted by Gasteiger charge is 2.65. The van der Waals surface area contributed by atoms with Gasteiger partial charge in [0.1, 0.15) is 0 Å². The minimum Gasteiger partial charge on any atom is -0.481 e. The van der Waals surface area contributed by atoms with Gasteiger partial charge in [-0.1, -0.05) is 57.9 Å². The maximum atomic E-state index is 12.4. The first-order valence-corrected chi connectivity index (χ1v) is 13.5. The molecule has 0 aliphatic heterocycles. The van der Waals surface area contributed by atoms with E-state index in [0.29, 0.717) is 11.8 Å². The Balaban J connectivity index is 1.67. The molecule has 0 saturated heterocycles. The number of aliphatic hydroxyl groups is 1. The van der Waals surface area contributed by atoms with E-state index >= 15 is 0 Å². The fourth-order valence-corrected chi connectivity index (χ4v) is 9.43. The lowest BCUT2D eigenvalue weighted by molar-refractivity contribution is -0.149. The summed E-state index contributed by atoms with van der Waals surface area (Å²) in [4.78, 5) is 12.4. The predicted molar refractivity (Wildman–Crippen MR) is 135 cm³/mol. The van der Waals surface area contributed by atoms with Gasteiger partial charge in [0.2, 0.25) is 0 Å². The first-order chi connectivity index (χ1) is 15.3. The van der Waals surface area contributed by atoms with Crippen molar-refractivity contribution in [3.63, 3.8) is 0 Å². The molecule has 3 heteroatoms. The van der Waals surface area contributed by atoms with Gasteiger partial charge in [-0.25, -0.2) is 0 Å². The zero-order valence-electron chi connectivity index (χ0n) is 22.2. The van der Waals surface area contributed by atoms with Gasteiger partial charge in [-0.05, 0) is 111 Å². The number of hydrogen-bond acceptors (Lipinski definition) is 2. The van der Waals surface area contributed by atoms with Crippen molar-refractivity contribution in [3.05, 3.63) is 23.3 Å². The highest BCUT2D eigenvalue weighted by atomic mass is 16.4. The molecule has 3 fully saturated rings. The number of rotatable bonds is 5. The second kappa shape index (κ2) is 8.25. The largest absolute Gasteiger partial charge is 0.481 e. The summed E-state index contributed by atoms with van der Waals surface area (Å²) in [5.74, 6) is 0.502. The van der Waals surface area contributed by atoms with Crippen LogP contribution in [0.1, 0.15) is 106 Å². The molecule has 0 bridgehead atoms. The van der Waals surface area contributed by atoms with Crippen molar-refractivity contribution in [1.29, 1.82) is 0 Å². The minimum atomic E-state index is -0.595. The average molecular weight is 457 g/mol. The molecular formula is C30H48O3. The van der Waals surface area contributed by atoms with Crippen LogP contribution in [-0.4, -0.2) is 22.3 Å². The van der Waals surface area contributed by atoms with Crippen LogP contribution in [0.4, 0.5) is 0 Å². The first-order valence-electron chi connectivity index (χ1n) is 13.5. The summed E-state index contributed by atoms with van der Waals surface area (Å²) >= 11 is 0. The van der Waals surface area contributed by atoms with Gasteiger partial charge in [-0.2, -0.15) is 0 Å². The smallest absolute Gasteiger partial charge is 0.306 e. The van der Waals surface area contributed by atoms with Gasteiger partial charge in [0.25, 0.3) is 0 Å². The van der Waals surface area contributed by atoms with E-state index in [1.54, 1.807) is 5.57 Å². The monoisotopic (exact) mass is 456 g/mol. The normalized spacial score (nSPS) is 44.7. The molecule has 4 rings (SSSR count). The SMILES string of the molecule is CC(C)=CCC[C@H](C(=O)O)[C@H]1CC[C@]2(C)C3=CC[C@H]4C(C)(C)[C@H](O)CC[C@]4(C)[C@H]3CC[C@@]12C. The molecule has 3 saturated carbocycles. The molecular weight excluding hydrogens is 408 g/mol. The summed E-state index contributed by atoms with van der Waals surface area (Å²) in [5.41, 5.74) is 3.27. The van der Waals surface area contributed by atoms with Crippen LogP contribution in [0.5, 0.6) is 0 Å². The topological polar surface area (TPSA) is 57.5 Å². The number of fused-ring (bicyclic) bond motifs is 5. The van der Waals surface area contributed by atoms with E-state index in [2.05, 4.69) is 60.6 Å². The molecule has 33 heavy (non-hydrogen) atoms. The summed E-state index contributed by atoms with van der Waals surface area (Å²) in [6.45, 7) is 16.2. The number of hydrogen-bond donors (Lipinski definition) is 2. The molecule has 4 aliphatic carbocycles. The number of aliphatic carboxylic acids is 1. The van der Waals surface area contributed by atoms with E-state index in [9.17, 15) is 15.0 Å². The van der Waals surface area contributed by atoms with Crippen LogP contribution in [0.3, 0.4) is 0 Å². The first kappa shape index (κ1) is 25.0. The second-order valence-corrected chi connectivity index (χ2v) is 13.6. The van der Waals surface area contributed by atoms with Gasteiger partial charge >= 0.3 is 5.97 Å². The summed E-state index contributed by atoms with van der Waals surface area (Å²) < 4.78 is 0. The molecule has 2 N–H and O–H groups in total. The summed E-state index contributed by atoms with van der Waals surface area (Å²) in [6, 6.07) is 0. The molecule has 3 nitrogen and oxygen atoms in total. The van der Waals surface area contributed by atoms with Gasteiger partial charge in [0.15, 0.2) is 0 Å². The van der Waals surface area contributed by atoms with E-state index in [0.717, 1.165) is 51.4 Å². The molecule has 0 unspecified atom stereocenters. The number of aliphatic hydroxyl groups excluding tert-OH is 1. The van der Waals surface area contributed by atoms with Gasteiger partial charge in [0, 0.05) is 0 Å². The maximum Gasteiger partial charge on any atom is 0.306 e. The van der Waals surface area contributed by atoms with Gasteiger partial charge in [-0.3, -0.25) is 4.79 Å². The third-order valence-corrected chi connectivity index (χ3v) is 11.7. The van der Waals surface area contributed by atoms with E-state index in [1.807, 2.05) is 0 Å². The maximum absolute atomic E-state index is 12.4. The Morgan fingerprint density at radius 3 is 2.42 bits per heavy atom.